The van der Waals surface area contributed by atoms with Gasteiger partial charge >= 0.3 is 5.97 Å². The summed E-state index contributed by atoms with van der Waals surface area (Å²) in [6, 6.07) is 7.74. The minimum Gasteiger partial charge on any atom is -0.465 e. The minimum atomic E-state index is -0.546. The molecule has 1 saturated heterocycles. The molecule has 2 heterocycles. The smallest absolute Gasteiger partial charge is 0.348 e. The lowest BCUT2D eigenvalue weighted by Crippen LogP contribution is -2.28. The lowest BCUT2D eigenvalue weighted by atomic mass is 10.1. The zero-order valence-corrected chi connectivity index (χ0v) is 15.1. The summed E-state index contributed by atoms with van der Waals surface area (Å²) in [7, 11) is 1.28. The van der Waals surface area contributed by atoms with E-state index in [9.17, 15) is 18.8 Å². The summed E-state index contributed by atoms with van der Waals surface area (Å²) in [6.07, 6.45) is 0.0521. The fourth-order valence-electron chi connectivity index (χ4n) is 2.72. The summed E-state index contributed by atoms with van der Waals surface area (Å²) in [6.45, 7) is 1.83. The predicted molar refractivity (Wildman–Crippen MR) is 95.9 cm³/mol. The zero-order chi connectivity index (χ0) is 18.8. The van der Waals surface area contributed by atoms with Crippen molar-refractivity contribution >= 4 is 39.8 Å². The van der Waals surface area contributed by atoms with Crippen LogP contribution in [0.25, 0.3) is 0 Å². The van der Waals surface area contributed by atoms with E-state index in [-0.39, 0.29) is 24.8 Å². The number of thiophene rings is 1. The number of ether oxygens (including phenoxy) is 1. The lowest BCUT2D eigenvalue weighted by Gasteiger charge is -2.17. The third kappa shape index (κ3) is 3.60. The fourth-order valence-corrected chi connectivity index (χ4v) is 3.55. The van der Waals surface area contributed by atoms with Gasteiger partial charge in [0.05, 0.1) is 18.0 Å². The van der Waals surface area contributed by atoms with Crippen molar-refractivity contribution in [1.29, 1.82) is 0 Å². The van der Waals surface area contributed by atoms with E-state index >= 15 is 0 Å². The van der Waals surface area contributed by atoms with Crippen LogP contribution in [0.3, 0.4) is 0 Å². The Morgan fingerprint density at radius 3 is 2.77 bits per heavy atom. The number of benzene rings is 1. The van der Waals surface area contributed by atoms with Gasteiger partial charge in [-0.15, -0.1) is 11.3 Å². The molecule has 2 amide bonds. The molecule has 26 heavy (non-hydrogen) atoms. The number of halogens is 1. The average molecular weight is 376 g/mol. The van der Waals surface area contributed by atoms with Crippen molar-refractivity contribution in [2.45, 2.75) is 13.3 Å². The second-order valence-electron chi connectivity index (χ2n) is 5.98. The molecule has 1 aromatic carbocycles. The molecule has 0 saturated carbocycles. The molecule has 1 N–H and O–H groups in total. The number of carbonyl (C=O) groups is 3. The standard InChI is InChI=1S/C18H17FN2O4S/c1-10-3-4-12(8-13(10)19)21-9-11(7-16(21)22)17(23)20-15-6-5-14(26-15)18(24)25-2/h3-6,8,11H,7,9H2,1-2H3,(H,20,23)/t11-/m0/s1. The molecule has 0 aliphatic carbocycles. The summed E-state index contributed by atoms with van der Waals surface area (Å²) >= 11 is 1.10. The monoisotopic (exact) mass is 376 g/mol. The topological polar surface area (TPSA) is 75.7 Å². The molecule has 1 aliphatic rings. The third-order valence-electron chi connectivity index (χ3n) is 4.20. The van der Waals surface area contributed by atoms with Gasteiger partial charge in [-0.1, -0.05) is 6.07 Å². The number of aryl methyl sites for hydroxylation is 1. The van der Waals surface area contributed by atoms with Gasteiger partial charge in [-0.05, 0) is 36.8 Å². The second-order valence-corrected chi connectivity index (χ2v) is 7.07. The Kier molecular flexibility index (Phi) is 5.03. The van der Waals surface area contributed by atoms with Gasteiger partial charge in [0, 0.05) is 18.7 Å². The summed E-state index contributed by atoms with van der Waals surface area (Å²) in [5.41, 5.74) is 0.936. The summed E-state index contributed by atoms with van der Waals surface area (Å²) in [4.78, 5) is 37.9. The van der Waals surface area contributed by atoms with E-state index in [0.717, 1.165) is 11.3 Å². The molecule has 1 atom stereocenters. The Hall–Kier alpha value is -2.74. The maximum Gasteiger partial charge on any atom is 0.348 e. The quantitative estimate of drug-likeness (QED) is 0.833. The molecule has 0 radical (unpaired) electrons. The first kappa shape index (κ1) is 18.1. The van der Waals surface area contributed by atoms with Crippen molar-refractivity contribution in [3.8, 4) is 0 Å². The highest BCUT2D eigenvalue weighted by Gasteiger charge is 2.35. The molecule has 1 aliphatic heterocycles. The van der Waals surface area contributed by atoms with Crippen LogP contribution in [0.2, 0.25) is 0 Å². The largest absolute Gasteiger partial charge is 0.465 e. The first-order chi connectivity index (χ1) is 12.4. The summed E-state index contributed by atoms with van der Waals surface area (Å²) < 4.78 is 18.4. The number of rotatable bonds is 4. The molecule has 1 aromatic heterocycles. The number of nitrogens with one attached hydrogen (secondary N) is 1. The van der Waals surface area contributed by atoms with Crippen molar-refractivity contribution in [3.63, 3.8) is 0 Å². The summed E-state index contributed by atoms with van der Waals surface area (Å²) in [5.74, 6) is -1.95. The number of carbonyl (C=O) groups excluding carboxylic acids is 3. The lowest BCUT2D eigenvalue weighted by molar-refractivity contribution is -0.122. The van der Waals surface area contributed by atoms with Gasteiger partial charge < -0.3 is 15.0 Å². The van der Waals surface area contributed by atoms with Crippen LogP contribution >= 0.6 is 11.3 Å². The molecular weight excluding hydrogens is 359 g/mol. The fraction of sp³-hybridized carbons (Fsp3) is 0.278. The maximum atomic E-state index is 13.7. The van der Waals surface area contributed by atoms with E-state index in [1.165, 1.54) is 18.1 Å². The van der Waals surface area contributed by atoms with E-state index in [0.29, 0.717) is 21.1 Å². The van der Waals surface area contributed by atoms with E-state index in [2.05, 4.69) is 10.1 Å². The first-order valence-electron chi connectivity index (χ1n) is 7.94. The molecule has 8 heteroatoms. The van der Waals surface area contributed by atoms with E-state index in [4.69, 9.17) is 0 Å². The Bertz CT molecular complexity index is 880. The van der Waals surface area contributed by atoms with E-state index < -0.39 is 17.7 Å². The Balaban J connectivity index is 1.68. The number of esters is 1. The third-order valence-corrected chi connectivity index (χ3v) is 5.18. The Morgan fingerprint density at radius 1 is 1.31 bits per heavy atom. The highest BCUT2D eigenvalue weighted by molar-refractivity contribution is 7.18. The molecule has 1 fully saturated rings. The summed E-state index contributed by atoms with van der Waals surface area (Å²) in [5, 5.41) is 3.22. The van der Waals surface area contributed by atoms with Gasteiger partial charge in [0.25, 0.3) is 0 Å². The van der Waals surface area contributed by atoms with Crippen molar-refractivity contribution in [1.82, 2.24) is 0 Å². The molecule has 0 spiro atoms. The van der Waals surface area contributed by atoms with Crippen LogP contribution in [-0.4, -0.2) is 31.4 Å². The average Bonchev–Trinajstić information content (AvgIpc) is 3.23. The maximum absolute atomic E-state index is 13.7. The minimum absolute atomic E-state index is 0.0521. The number of methoxy groups -OCH3 is 1. The van der Waals surface area contributed by atoms with Crippen LogP contribution in [0.5, 0.6) is 0 Å². The van der Waals surface area contributed by atoms with Gasteiger partial charge in [0.15, 0.2) is 0 Å². The normalized spacial score (nSPS) is 16.7. The van der Waals surface area contributed by atoms with Crippen molar-refractivity contribution in [3.05, 3.63) is 46.6 Å². The van der Waals surface area contributed by atoms with Crippen molar-refractivity contribution in [2.75, 3.05) is 23.9 Å². The van der Waals surface area contributed by atoms with Crippen LogP contribution in [-0.2, 0) is 14.3 Å². The van der Waals surface area contributed by atoms with Crippen LogP contribution < -0.4 is 10.2 Å². The highest BCUT2D eigenvalue weighted by atomic mass is 32.1. The molecule has 3 rings (SSSR count). The Morgan fingerprint density at radius 2 is 2.08 bits per heavy atom. The second kappa shape index (κ2) is 7.25. The molecule has 6 nitrogen and oxygen atoms in total. The number of nitrogens with zero attached hydrogens (tertiary/aromatic N) is 1. The van der Waals surface area contributed by atoms with Gasteiger partial charge in [-0.2, -0.15) is 0 Å². The SMILES string of the molecule is COC(=O)c1ccc(NC(=O)[C@H]2CC(=O)N(c3ccc(C)c(F)c3)C2)s1. The number of hydrogen-bond acceptors (Lipinski definition) is 5. The van der Waals surface area contributed by atoms with Gasteiger partial charge in [-0.25, -0.2) is 9.18 Å². The predicted octanol–water partition coefficient (Wildman–Crippen LogP) is 2.97. The van der Waals surface area contributed by atoms with Gasteiger partial charge in [0.2, 0.25) is 11.8 Å². The van der Waals surface area contributed by atoms with Crippen LogP contribution in [0, 0.1) is 18.7 Å². The van der Waals surface area contributed by atoms with Gasteiger partial charge in [0.1, 0.15) is 10.7 Å². The van der Waals surface area contributed by atoms with E-state index in [1.807, 2.05) is 0 Å². The van der Waals surface area contributed by atoms with Crippen LogP contribution in [0.4, 0.5) is 15.1 Å². The number of amides is 2. The van der Waals surface area contributed by atoms with Gasteiger partial charge in [-0.3, -0.25) is 9.59 Å². The molecule has 136 valence electrons. The zero-order valence-electron chi connectivity index (χ0n) is 14.2. The molecule has 0 unspecified atom stereocenters. The van der Waals surface area contributed by atoms with Crippen molar-refractivity contribution in [2.24, 2.45) is 5.92 Å². The number of hydrogen-bond donors (Lipinski definition) is 1. The molecule has 0 bridgehead atoms. The van der Waals surface area contributed by atoms with Crippen molar-refractivity contribution < 1.29 is 23.5 Å². The molecular formula is C18H17FN2O4S. The van der Waals surface area contributed by atoms with Crippen LogP contribution in [0.1, 0.15) is 21.7 Å². The van der Waals surface area contributed by atoms with Crippen LogP contribution in [0.15, 0.2) is 30.3 Å². The molecule has 2 aromatic rings. The van der Waals surface area contributed by atoms with E-state index in [1.54, 1.807) is 31.2 Å². The highest BCUT2D eigenvalue weighted by Crippen LogP contribution is 2.29. The first-order valence-corrected chi connectivity index (χ1v) is 8.76. The Labute approximate surface area is 153 Å². The number of anilines is 2.